The van der Waals surface area contributed by atoms with Crippen LogP contribution in [0.3, 0.4) is 0 Å². The van der Waals surface area contributed by atoms with Crippen LogP contribution >= 0.6 is 0 Å². The van der Waals surface area contributed by atoms with Gasteiger partial charge in [-0.2, -0.15) is 0 Å². The summed E-state index contributed by atoms with van der Waals surface area (Å²) in [5, 5.41) is 0. The molecule has 1 aliphatic rings. The first kappa shape index (κ1) is 28.7. The van der Waals surface area contributed by atoms with Gasteiger partial charge >= 0.3 is 6.16 Å². The average molecular weight is 554 g/mol. The van der Waals surface area contributed by atoms with Gasteiger partial charge in [-0.1, -0.05) is 68.7 Å². The molecule has 0 saturated carbocycles. The Kier molecular flexibility index (Phi) is 8.96. The number of anilines is 1. The van der Waals surface area contributed by atoms with Gasteiger partial charge in [0.05, 0.1) is 11.0 Å². The number of carbonyl (C=O) groups excluding carboxylic acids is 1. The molecule has 6 heteroatoms. The normalized spacial score (nSPS) is 14.2. The van der Waals surface area contributed by atoms with Crippen LogP contribution in [0, 0.1) is 0 Å². The highest BCUT2D eigenvalue weighted by Crippen LogP contribution is 2.32. The number of rotatable bonds is 8. The Morgan fingerprint density at radius 2 is 1.66 bits per heavy atom. The molecule has 4 aromatic rings. The fraction of sp³-hybridized carbons (Fsp3) is 0.429. The van der Waals surface area contributed by atoms with Crippen LogP contribution in [0.1, 0.15) is 77.6 Å². The molecule has 0 bridgehead atoms. The van der Waals surface area contributed by atoms with Gasteiger partial charge in [0, 0.05) is 37.3 Å². The minimum absolute atomic E-state index is 0.484. The topological polar surface area (TPSA) is 56.6 Å². The number of aromatic nitrogens is 2. The van der Waals surface area contributed by atoms with Gasteiger partial charge in [0.25, 0.3) is 0 Å². The van der Waals surface area contributed by atoms with Gasteiger partial charge in [-0.05, 0) is 75.4 Å². The summed E-state index contributed by atoms with van der Waals surface area (Å²) in [6.07, 6.45) is 7.70. The Morgan fingerprint density at radius 3 is 2.37 bits per heavy atom. The maximum absolute atomic E-state index is 12.3. The number of unbranched alkanes of at least 4 members (excludes halogenated alkanes) is 1. The Bertz CT molecular complexity index is 1460. The van der Waals surface area contributed by atoms with Crippen molar-refractivity contribution in [3.8, 4) is 16.9 Å². The standard InChI is InChI=1S/C35H43N3O3/c1-5-6-15-33-36-30-21-20-28(37-22-11-7-8-12-23-37)24-31(30)38(33)25-26-16-18-27(19-17-26)29-13-9-10-14-32(29)40-34(39)41-35(2,3)4/h9-10,13-14,16-21,24H,5-8,11-12,15,22-23,25H2,1-4H3. The highest BCUT2D eigenvalue weighted by atomic mass is 16.7. The van der Waals surface area contributed by atoms with Crippen LogP contribution < -0.4 is 9.64 Å². The van der Waals surface area contributed by atoms with Crippen molar-refractivity contribution in [3.63, 3.8) is 0 Å². The first-order valence-corrected chi connectivity index (χ1v) is 15.1. The second-order valence-electron chi connectivity index (χ2n) is 12.1. The summed E-state index contributed by atoms with van der Waals surface area (Å²) in [6, 6.07) is 22.9. The molecule has 0 aliphatic carbocycles. The van der Waals surface area contributed by atoms with E-state index in [1.807, 2.05) is 39.0 Å². The molecule has 6 nitrogen and oxygen atoms in total. The molecule has 0 atom stereocenters. The molecule has 0 amide bonds. The van der Waals surface area contributed by atoms with Gasteiger partial charge in [-0.3, -0.25) is 0 Å². The lowest BCUT2D eigenvalue weighted by atomic mass is 10.0. The molecule has 3 aromatic carbocycles. The van der Waals surface area contributed by atoms with E-state index in [0.717, 1.165) is 61.4 Å². The van der Waals surface area contributed by atoms with Crippen molar-refractivity contribution in [2.45, 2.75) is 84.8 Å². The van der Waals surface area contributed by atoms with Crippen LogP contribution in [0.4, 0.5) is 10.5 Å². The first-order valence-electron chi connectivity index (χ1n) is 15.1. The Balaban J connectivity index is 1.41. The summed E-state index contributed by atoms with van der Waals surface area (Å²) >= 11 is 0. The molecular weight excluding hydrogens is 510 g/mol. The van der Waals surface area contributed by atoms with Gasteiger partial charge < -0.3 is 18.9 Å². The van der Waals surface area contributed by atoms with Crippen LogP contribution in [0.2, 0.25) is 0 Å². The van der Waals surface area contributed by atoms with E-state index in [0.29, 0.717) is 5.75 Å². The molecular formula is C35H43N3O3. The van der Waals surface area contributed by atoms with Gasteiger partial charge in [-0.15, -0.1) is 0 Å². The number of benzene rings is 3. The van der Waals surface area contributed by atoms with E-state index in [9.17, 15) is 4.79 Å². The number of nitrogens with zero attached hydrogens (tertiary/aromatic N) is 3. The highest BCUT2D eigenvalue weighted by Gasteiger charge is 2.20. The largest absolute Gasteiger partial charge is 0.514 e. The monoisotopic (exact) mass is 553 g/mol. The van der Waals surface area contributed by atoms with Crippen LogP contribution in [-0.4, -0.2) is 34.4 Å². The third-order valence-electron chi connectivity index (χ3n) is 7.61. The fourth-order valence-electron chi connectivity index (χ4n) is 5.52. The first-order chi connectivity index (χ1) is 19.8. The lowest BCUT2D eigenvalue weighted by molar-refractivity contribution is 0.0207. The van der Waals surface area contributed by atoms with Gasteiger partial charge in [0.15, 0.2) is 0 Å². The number of para-hydroxylation sites is 1. The zero-order chi connectivity index (χ0) is 28.8. The molecule has 216 valence electrons. The van der Waals surface area contributed by atoms with Crippen molar-refractivity contribution >= 4 is 22.9 Å². The molecule has 1 fully saturated rings. The molecule has 2 heterocycles. The SMILES string of the molecule is CCCCc1nc2ccc(N3CCCCCC3)cc2n1Cc1ccc(-c2ccccc2OC(=O)OC(C)(C)C)cc1. The van der Waals surface area contributed by atoms with Crippen molar-refractivity contribution in [1.29, 1.82) is 0 Å². The number of fused-ring (bicyclic) bond motifs is 1. The lowest BCUT2D eigenvalue weighted by Gasteiger charge is -2.23. The van der Waals surface area contributed by atoms with E-state index in [-0.39, 0.29) is 0 Å². The van der Waals surface area contributed by atoms with Crippen molar-refractivity contribution < 1.29 is 14.3 Å². The van der Waals surface area contributed by atoms with Crippen LogP contribution in [-0.2, 0) is 17.7 Å². The average Bonchev–Trinajstić information content (AvgIpc) is 3.09. The maximum Gasteiger partial charge on any atom is 0.514 e. The molecule has 0 spiro atoms. The zero-order valence-corrected chi connectivity index (χ0v) is 25.0. The molecule has 5 rings (SSSR count). The molecule has 1 aliphatic heterocycles. The summed E-state index contributed by atoms with van der Waals surface area (Å²) in [4.78, 5) is 20.0. The molecule has 1 saturated heterocycles. The summed E-state index contributed by atoms with van der Waals surface area (Å²) in [5.74, 6) is 1.63. The van der Waals surface area contributed by atoms with Crippen molar-refractivity contribution in [2.75, 3.05) is 18.0 Å². The fourth-order valence-corrected chi connectivity index (χ4v) is 5.52. The Hall–Kier alpha value is -3.80. The Morgan fingerprint density at radius 1 is 0.927 bits per heavy atom. The number of imidazole rings is 1. The third kappa shape index (κ3) is 7.29. The highest BCUT2D eigenvalue weighted by molar-refractivity contribution is 5.81. The quantitative estimate of drug-likeness (QED) is 0.161. The van der Waals surface area contributed by atoms with Gasteiger partial charge in [0.2, 0.25) is 0 Å². The predicted octanol–water partition coefficient (Wildman–Crippen LogP) is 8.79. The van der Waals surface area contributed by atoms with E-state index >= 15 is 0 Å². The second-order valence-corrected chi connectivity index (χ2v) is 12.1. The number of hydrogen-bond donors (Lipinski definition) is 0. The molecule has 0 unspecified atom stereocenters. The molecule has 0 N–H and O–H groups in total. The smallest absolute Gasteiger partial charge is 0.428 e. The van der Waals surface area contributed by atoms with Crippen LogP contribution in [0.15, 0.2) is 66.7 Å². The minimum Gasteiger partial charge on any atom is -0.428 e. The van der Waals surface area contributed by atoms with Crippen molar-refractivity contribution in [2.24, 2.45) is 0 Å². The number of ether oxygens (including phenoxy) is 2. The summed E-state index contributed by atoms with van der Waals surface area (Å²) in [5.41, 5.74) is 6.00. The van der Waals surface area contributed by atoms with Crippen LogP contribution in [0.25, 0.3) is 22.2 Å². The van der Waals surface area contributed by atoms with E-state index in [1.54, 1.807) is 6.07 Å². The van der Waals surface area contributed by atoms with Crippen molar-refractivity contribution in [1.82, 2.24) is 9.55 Å². The zero-order valence-electron chi connectivity index (χ0n) is 25.0. The van der Waals surface area contributed by atoms with E-state index in [4.69, 9.17) is 14.5 Å². The minimum atomic E-state index is -0.701. The summed E-state index contributed by atoms with van der Waals surface area (Å²) in [7, 11) is 0. The predicted molar refractivity (Wildman–Crippen MR) is 167 cm³/mol. The van der Waals surface area contributed by atoms with Crippen LogP contribution in [0.5, 0.6) is 5.75 Å². The second kappa shape index (κ2) is 12.8. The summed E-state index contributed by atoms with van der Waals surface area (Å²) < 4.78 is 13.4. The van der Waals surface area contributed by atoms with E-state index in [1.165, 1.54) is 42.5 Å². The van der Waals surface area contributed by atoms with E-state index in [2.05, 4.69) is 58.9 Å². The number of aryl methyl sites for hydroxylation is 1. The molecule has 0 radical (unpaired) electrons. The molecule has 41 heavy (non-hydrogen) atoms. The molecule has 1 aromatic heterocycles. The van der Waals surface area contributed by atoms with Gasteiger partial charge in [-0.25, -0.2) is 9.78 Å². The maximum atomic E-state index is 12.3. The van der Waals surface area contributed by atoms with Crippen molar-refractivity contribution in [3.05, 3.63) is 78.1 Å². The number of hydrogen-bond acceptors (Lipinski definition) is 5. The van der Waals surface area contributed by atoms with E-state index < -0.39 is 11.8 Å². The number of carbonyl (C=O) groups is 1. The Labute approximate surface area is 244 Å². The van der Waals surface area contributed by atoms with Gasteiger partial charge in [0.1, 0.15) is 17.2 Å². The lowest BCUT2D eigenvalue weighted by Crippen LogP contribution is -2.26. The summed E-state index contributed by atoms with van der Waals surface area (Å²) in [6.45, 7) is 10.7. The third-order valence-corrected chi connectivity index (χ3v) is 7.61.